The number of oxazole rings is 1. The molecule has 0 aliphatic heterocycles. The Balaban J connectivity index is 1.47. The summed E-state index contributed by atoms with van der Waals surface area (Å²) in [6.45, 7) is 4.02. The maximum Gasteiger partial charge on any atom is 0.322 e. The molecule has 186 valence electrons. The van der Waals surface area contributed by atoms with Gasteiger partial charge < -0.3 is 9.52 Å². The highest BCUT2D eigenvalue weighted by Crippen LogP contribution is 2.26. The quantitative estimate of drug-likeness (QED) is 0.288. The Hall–Kier alpha value is -3.46. The van der Waals surface area contributed by atoms with E-state index in [0.29, 0.717) is 22.2 Å². The number of hydrogen-bond acceptors (Lipinski definition) is 5. The zero-order valence-corrected chi connectivity index (χ0v) is 21.3. The molecule has 9 heteroatoms. The molecule has 0 fully saturated rings. The van der Waals surface area contributed by atoms with Crippen molar-refractivity contribution in [2.75, 3.05) is 0 Å². The van der Waals surface area contributed by atoms with E-state index >= 15 is 0 Å². The van der Waals surface area contributed by atoms with E-state index in [1.165, 1.54) is 18.4 Å². The van der Waals surface area contributed by atoms with Crippen molar-refractivity contribution in [1.29, 1.82) is 0 Å². The van der Waals surface area contributed by atoms with Gasteiger partial charge in [-0.25, -0.2) is 13.4 Å². The van der Waals surface area contributed by atoms with E-state index in [4.69, 9.17) is 16.0 Å². The van der Waals surface area contributed by atoms with Crippen LogP contribution >= 0.6 is 11.6 Å². The minimum atomic E-state index is -4.01. The number of halogens is 1. The highest BCUT2D eigenvalue weighted by atomic mass is 35.5. The standard InChI is InChI=1S/C27H25ClN2O5S/c1-17(2)19-9-13-23(14-10-19)36(33,34)30-24(27(31)32)15-18-3-5-20(6-4-18)25-16-35-26(29-25)21-7-11-22(28)12-8-21/h3-14,16-17,24,30H,15H2,1-2H3,(H,31,32). The summed E-state index contributed by atoms with van der Waals surface area (Å²) in [7, 11) is -4.01. The van der Waals surface area contributed by atoms with E-state index in [1.807, 2.05) is 26.0 Å². The van der Waals surface area contributed by atoms with Gasteiger partial charge in [0.15, 0.2) is 0 Å². The average molecular weight is 525 g/mol. The van der Waals surface area contributed by atoms with Crippen molar-refractivity contribution in [3.05, 3.63) is 95.2 Å². The molecule has 1 aromatic heterocycles. The second-order valence-electron chi connectivity index (χ2n) is 8.68. The molecule has 0 spiro atoms. The fourth-order valence-electron chi connectivity index (χ4n) is 3.65. The molecular weight excluding hydrogens is 500 g/mol. The van der Waals surface area contributed by atoms with E-state index in [2.05, 4.69) is 9.71 Å². The number of carbonyl (C=O) groups is 1. The predicted molar refractivity (Wildman–Crippen MR) is 138 cm³/mol. The van der Waals surface area contributed by atoms with Gasteiger partial charge in [0.05, 0.1) is 4.90 Å². The van der Waals surface area contributed by atoms with E-state index in [0.717, 1.165) is 16.7 Å². The number of nitrogens with zero attached hydrogens (tertiary/aromatic N) is 1. The van der Waals surface area contributed by atoms with Crippen molar-refractivity contribution < 1.29 is 22.7 Å². The number of aliphatic carboxylic acids is 1. The first-order valence-electron chi connectivity index (χ1n) is 11.3. The molecule has 0 bridgehead atoms. The second kappa shape index (κ2) is 10.7. The monoisotopic (exact) mass is 524 g/mol. The fourth-order valence-corrected chi connectivity index (χ4v) is 4.96. The lowest BCUT2D eigenvalue weighted by atomic mass is 10.0. The topological polar surface area (TPSA) is 110 Å². The van der Waals surface area contributed by atoms with Crippen LogP contribution in [-0.2, 0) is 21.2 Å². The van der Waals surface area contributed by atoms with Gasteiger partial charge in [-0.1, -0.05) is 61.8 Å². The summed E-state index contributed by atoms with van der Waals surface area (Å²) >= 11 is 5.93. The van der Waals surface area contributed by atoms with Crippen LogP contribution in [0, 0.1) is 0 Å². The van der Waals surface area contributed by atoms with Crippen molar-refractivity contribution in [3.8, 4) is 22.7 Å². The molecule has 7 nitrogen and oxygen atoms in total. The summed E-state index contributed by atoms with van der Waals surface area (Å²) in [5.41, 5.74) is 3.84. The first kappa shape index (κ1) is 25.6. The number of carboxylic acid groups (broad SMARTS) is 1. The predicted octanol–water partition coefficient (Wildman–Crippen LogP) is 5.76. The molecule has 1 unspecified atom stereocenters. The van der Waals surface area contributed by atoms with Crippen LogP contribution < -0.4 is 4.72 Å². The van der Waals surface area contributed by atoms with E-state index in [-0.39, 0.29) is 17.2 Å². The number of carboxylic acids is 1. The van der Waals surface area contributed by atoms with Gasteiger partial charge >= 0.3 is 5.97 Å². The third-order valence-electron chi connectivity index (χ3n) is 5.74. The summed E-state index contributed by atoms with van der Waals surface area (Å²) in [6, 6.07) is 19.3. The summed E-state index contributed by atoms with van der Waals surface area (Å²) in [5, 5.41) is 10.3. The zero-order valence-electron chi connectivity index (χ0n) is 19.7. The number of aromatic nitrogens is 1. The summed E-state index contributed by atoms with van der Waals surface area (Å²) in [6.07, 6.45) is 1.52. The highest BCUT2D eigenvalue weighted by molar-refractivity contribution is 7.89. The Kier molecular flexibility index (Phi) is 7.59. The molecule has 2 N–H and O–H groups in total. The lowest BCUT2D eigenvalue weighted by Crippen LogP contribution is -2.42. The van der Waals surface area contributed by atoms with Gasteiger partial charge in [0.25, 0.3) is 0 Å². The molecule has 1 heterocycles. The number of sulfonamides is 1. The molecule has 0 aliphatic rings. The summed E-state index contributed by atoms with van der Waals surface area (Å²) in [4.78, 5) is 16.4. The van der Waals surface area contributed by atoms with Gasteiger partial charge in [-0.2, -0.15) is 4.72 Å². The SMILES string of the molecule is CC(C)c1ccc(S(=O)(=O)NC(Cc2ccc(-c3coc(-c4ccc(Cl)cc4)n3)cc2)C(=O)O)cc1. The lowest BCUT2D eigenvalue weighted by Gasteiger charge is -2.16. The lowest BCUT2D eigenvalue weighted by molar-refractivity contribution is -0.138. The van der Waals surface area contributed by atoms with E-state index in [9.17, 15) is 18.3 Å². The molecule has 36 heavy (non-hydrogen) atoms. The summed E-state index contributed by atoms with van der Waals surface area (Å²) < 4.78 is 33.5. The number of benzene rings is 3. The van der Waals surface area contributed by atoms with Crippen LogP contribution in [0.15, 0.2) is 88.4 Å². The van der Waals surface area contributed by atoms with E-state index < -0.39 is 22.0 Å². The van der Waals surface area contributed by atoms with Crippen molar-refractivity contribution in [2.45, 2.75) is 37.1 Å². The Morgan fingerprint density at radius 1 is 0.972 bits per heavy atom. The number of nitrogens with one attached hydrogen (secondary N) is 1. The minimum absolute atomic E-state index is 0.0201. The smallest absolute Gasteiger partial charge is 0.322 e. The van der Waals surface area contributed by atoms with Crippen LogP contribution in [0.5, 0.6) is 0 Å². The second-order valence-corrected chi connectivity index (χ2v) is 10.8. The van der Waals surface area contributed by atoms with Gasteiger partial charge in [0, 0.05) is 16.1 Å². The first-order chi connectivity index (χ1) is 17.1. The van der Waals surface area contributed by atoms with Crippen LogP contribution in [0.3, 0.4) is 0 Å². The van der Waals surface area contributed by atoms with Gasteiger partial charge in [0.2, 0.25) is 15.9 Å². The van der Waals surface area contributed by atoms with Crippen LogP contribution in [-0.4, -0.2) is 30.5 Å². The zero-order chi connectivity index (χ0) is 25.9. The molecule has 0 saturated carbocycles. The third-order valence-corrected chi connectivity index (χ3v) is 7.48. The molecule has 0 amide bonds. The number of hydrogen-bond donors (Lipinski definition) is 2. The van der Waals surface area contributed by atoms with Crippen LogP contribution in [0.2, 0.25) is 5.02 Å². The van der Waals surface area contributed by atoms with Gasteiger partial charge in [-0.3, -0.25) is 4.79 Å². The minimum Gasteiger partial charge on any atom is -0.480 e. The molecule has 1 atom stereocenters. The normalized spacial score (nSPS) is 12.6. The van der Waals surface area contributed by atoms with Crippen LogP contribution in [0.25, 0.3) is 22.7 Å². The van der Waals surface area contributed by atoms with Crippen molar-refractivity contribution >= 4 is 27.6 Å². The largest absolute Gasteiger partial charge is 0.480 e. The van der Waals surface area contributed by atoms with Gasteiger partial charge in [-0.05, 0) is 59.9 Å². The third kappa shape index (κ3) is 6.02. The Morgan fingerprint density at radius 2 is 1.58 bits per heavy atom. The average Bonchev–Trinajstić information content (AvgIpc) is 3.35. The maximum absolute atomic E-state index is 12.8. The van der Waals surface area contributed by atoms with E-state index in [1.54, 1.807) is 48.5 Å². The van der Waals surface area contributed by atoms with Crippen LogP contribution in [0.1, 0.15) is 30.9 Å². The molecular formula is C27H25ClN2O5S. The summed E-state index contributed by atoms with van der Waals surface area (Å²) in [5.74, 6) is -0.552. The maximum atomic E-state index is 12.8. The molecule has 4 rings (SSSR count). The van der Waals surface area contributed by atoms with Crippen LogP contribution in [0.4, 0.5) is 0 Å². The van der Waals surface area contributed by atoms with Gasteiger partial charge in [0.1, 0.15) is 18.0 Å². The van der Waals surface area contributed by atoms with Gasteiger partial charge in [-0.15, -0.1) is 0 Å². The first-order valence-corrected chi connectivity index (χ1v) is 13.1. The number of rotatable bonds is 9. The molecule has 4 aromatic rings. The Morgan fingerprint density at radius 3 is 2.17 bits per heavy atom. The van der Waals surface area contributed by atoms with Crippen molar-refractivity contribution in [2.24, 2.45) is 0 Å². The fraction of sp³-hybridized carbons (Fsp3) is 0.185. The molecule has 0 aliphatic carbocycles. The Labute approximate surface area is 214 Å². The van der Waals surface area contributed by atoms with Crippen molar-refractivity contribution in [3.63, 3.8) is 0 Å². The highest BCUT2D eigenvalue weighted by Gasteiger charge is 2.26. The molecule has 0 radical (unpaired) electrons. The molecule has 0 saturated heterocycles. The Bertz CT molecular complexity index is 1450. The van der Waals surface area contributed by atoms with Crippen molar-refractivity contribution in [1.82, 2.24) is 9.71 Å². The molecule has 3 aromatic carbocycles.